The fourth-order valence-corrected chi connectivity index (χ4v) is 2.56. The van der Waals surface area contributed by atoms with E-state index in [1.165, 1.54) is 7.11 Å². The first-order valence-electron chi connectivity index (χ1n) is 7.47. The maximum Gasteiger partial charge on any atom is 0.409 e. The van der Waals surface area contributed by atoms with E-state index in [0.29, 0.717) is 13.1 Å². The number of nitrogens with zero attached hydrogens (tertiary/aromatic N) is 1. The van der Waals surface area contributed by atoms with Crippen molar-refractivity contribution in [3.63, 3.8) is 0 Å². The van der Waals surface area contributed by atoms with Gasteiger partial charge in [-0.2, -0.15) is 0 Å². The Labute approximate surface area is 130 Å². The number of likely N-dealkylation sites (tertiary alicyclic amines) is 1. The molecule has 1 aliphatic heterocycles. The molecule has 1 aromatic carbocycles. The van der Waals surface area contributed by atoms with Gasteiger partial charge in [0.05, 0.1) is 7.11 Å². The molecule has 2 rings (SSSR count). The lowest BCUT2D eigenvalue weighted by Crippen LogP contribution is -2.46. The third-order valence-corrected chi connectivity index (χ3v) is 3.85. The van der Waals surface area contributed by atoms with Gasteiger partial charge in [-0.3, -0.25) is 4.79 Å². The Kier molecular flexibility index (Phi) is 5.58. The predicted molar refractivity (Wildman–Crippen MR) is 85.2 cm³/mol. The van der Waals surface area contributed by atoms with Gasteiger partial charge < -0.3 is 15.0 Å². The summed E-state index contributed by atoms with van der Waals surface area (Å²) >= 11 is 0. The van der Waals surface area contributed by atoms with Crippen LogP contribution < -0.4 is 5.32 Å². The molecule has 1 fully saturated rings. The SMILES string of the molecule is COC(=O)N1CCC(NC(=O)/C=C(\C)c2ccccc2)CC1. The van der Waals surface area contributed by atoms with Crippen LogP contribution >= 0.6 is 0 Å². The summed E-state index contributed by atoms with van der Waals surface area (Å²) in [6.45, 7) is 3.15. The molecule has 0 spiro atoms. The molecule has 0 unspecified atom stereocenters. The zero-order valence-electron chi connectivity index (χ0n) is 13.0. The lowest BCUT2D eigenvalue weighted by Gasteiger charge is -2.31. The van der Waals surface area contributed by atoms with E-state index in [4.69, 9.17) is 4.74 Å². The molecule has 0 aliphatic carbocycles. The van der Waals surface area contributed by atoms with Crippen LogP contribution in [0, 0.1) is 0 Å². The van der Waals surface area contributed by atoms with Crippen molar-refractivity contribution in [3.05, 3.63) is 42.0 Å². The lowest BCUT2D eigenvalue weighted by atomic mass is 10.0. The second kappa shape index (κ2) is 7.64. The van der Waals surface area contributed by atoms with E-state index in [0.717, 1.165) is 24.0 Å². The van der Waals surface area contributed by atoms with Crippen LogP contribution in [0.3, 0.4) is 0 Å². The Hall–Kier alpha value is -2.30. The Morgan fingerprint density at radius 3 is 2.45 bits per heavy atom. The minimum Gasteiger partial charge on any atom is -0.453 e. The fraction of sp³-hybridized carbons (Fsp3) is 0.412. The number of rotatable bonds is 3. The van der Waals surface area contributed by atoms with Crippen molar-refractivity contribution in [2.75, 3.05) is 20.2 Å². The Morgan fingerprint density at radius 2 is 1.86 bits per heavy atom. The normalized spacial score (nSPS) is 16.3. The number of benzene rings is 1. The van der Waals surface area contributed by atoms with E-state index < -0.39 is 0 Å². The van der Waals surface area contributed by atoms with Crippen molar-refractivity contribution in [2.45, 2.75) is 25.8 Å². The van der Waals surface area contributed by atoms with Gasteiger partial charge in [-0.25, -0.2) is 4.79 Å². The van der Waals surface area contributed by atoms with E-state index in [2.05, 4.69) is 5.32 Å². The summed E-state index contributed by atoms with van der Waals surface area (Å²) in [5, 5.41) is 3.00. The zero-order valence-corrected chi connectivity index (χ0v) is 13.0. The van der Waals surface area contributed by atoms with Crippen LogP contribution in [0.4, 0.5) is 4.79 Å². The molecule has 22 heavy (non-hydrogen) atoms. The Morgan fingerprint density at radius 1 is 1.23 bits per heavy atom. The molecule has 0 bridgehead atoms. The van der Waals surface area contributed by atoms with Gasteiger partial charge in [-0.1, -0.05) is 30.3 Å². The van der Waals surface area contributed by atoms with Crippen LogP contribution in [0.25, 0.3) is 5.57 Å². The van der Waals surface area contributed by atoms with E-state index in [-0.39, 0.29) is 18.0 Å². The number of nitrogens with one attached hydrogen (secondary N) is 1. The standard InChI is InChI=1S/C17H22N2O3/c1-13(14-6-4-3-5-7-14)12-16(20)18-15-8-10-19(11-9-15)17(21)22-2/h3-7,12,15H,8-11H2,1-2H3,(H,18,20)/b13-12+. The number of allylic oxidation sites excluding steroid dienone is 1. The molecule has 5 nitrogen and oxygen atoms in total. The number of methoxy groups -OCH3 is 1. The van der Waals surface area contributed by atoms with Crippen molar-refractivity contribution < 1.29 is 14.3 Å². The predicted octanol–water partition coefficient (Wildman–Crippen LogP) is 2.44. The topological polar surface area (TPSA) is 58.6 Å². The van der Waals surface area contributed by atoms with Crippen molar-refractivity contribution in [2.24, 2.45) is 0 Å². The first-order chi connectivity index (χ1) is 10.6. The lowest BCUT2D eigenvalue weighted by molar-refractivity contribution is -0.117. The molecule has 5 heteroatoms. The highest BCUT2D eigenvalue weighted by Crippen LogP contribution is 2.14. The average Bonchev–Trinajstić information content (AvgIpc) is 2.55. The van der Waals surface area contributed by atoms with Gasteiger partial charge >= 0.3 is 6.09 Å². The fourth-order valence-electron chi connectivity index (χ4n) is 2.56. The summed E-state index contributed by atoms with van der Waals surface area (Å²) in [6, 6.07) is 9.92. The van der Waals surface area contributed by atoms with Crippen LogP contribution in [0.1, 0.15) is 25.3 Å². The molecular formula is C17H22N2O3. The van der Waals surface area contributed by atoms with Gasteiger partial charge in [0.25, 0.3) is 0 Å². The van der Waals surface area contributed by atoms with Crippen molar-refractivity contribution in [1.82, 2.24) is 10.2 Å². The summed E-state index contributed by atoms with van der Waals surface area (Å²) in [5.41, 5.74) is 1.98. The molecule has 1 heterocycles. The largest absolute Gasteiger partial charge is 0.453 e. The summed E-state index contributed by atoms with van der Waals surface area (Å²) in [4.78, 5) is 25.1. The maximum absolute atomic E-state index is 12.1. The van der Waals surface area contributed by atoms with Crippen molar-refractivity contribution >= 4 is 17.6 Å². The summed E-state index contributed by atoms with van der Waals surface area (Å²) < 4.78 is 4.70. The quantitative estimate of drug-likeness (QED) is 0.872. The highest BCUT2D eigenvalue weighted by atomic mass is 16.5. The summed E-state index contributed by atoms with van der Waals surface area (Å²) in [7, 11) is 1.38. The molecule has 0 aromatic heterocycles. The van der Waals surface area contributed by atoms with Crippen LogP contribution in [0.5, 0.6) is 0 Å². The molecule has 1 aromatic rings. The van der Waals surface area contributed by atoms with E-state index >= 15 is 0 Å². The van der Waals surface area contributed by atoms with Gasteiger partial charge in [-0.15, -0.1) is 0 Å². The zero-order chi connectivity index (χ0) is 15.9. The first-order valence-corrected chi connectivity index (χ1v) is 7.47. The second-order valence-electron chi connectivity index (χ2n) is 5.43. The molecule has 2 amide bonds. The monoisotopic (exact) mass is 302 g/mol. The number of carbonyl (C=O) groups is 2. The second-order valence-corrected chi connectivity index (χ2v) is 5.43. The number of hydrogen-bond donors (Lipinski definition) is 1. The van der Waals surface area contributed by atoms with Gasteiger partial charge in [0.2, 0.25) is 5.91 Å². The molecule has 1 aliphatic rings. The molecular weight excluding hydrogens is 280 g/mol. The maximum atomic E-state index is 12.1. The number of ether oxygens (including phenoxy) is 1. The number of amides is 2. The third kappa shape index (κ3) is 4.35. The molecule has 0 saturated carbocycles. The number of piperidine rings is 1. The Balaban J connectivity index is 1.85. The highest BCUT2D eigenvalue weighted by molar-refractivity contribution is 5.95. The van der Waals surface area contributed by atoms with E-state index in [1.54, 1.807) is 11.0 Å². The van der Waals surface area contributed by atoms with Gasteiger partial charge in [-0.05, 0) is 30.9 Å². The first kappa shape index (κ1) is 16.1. The molecule has 0 atom stereocenters. The van der Waals surface area contributed by atoms with Crippen LogP contribution in [0.2, 0.25) is 0 Å². The average molecular weight is 302 g/mol. The van der Waals surface area contributed by atoms with Crippen LogP contribution in [-0.4, -0.2) is 43.1 Å². The number of carbonyl (C=O) groups excluding carboxylic acids is 2. The van der Waals surface area contributed by atoms with Crippen molar-refractivity contribution in [1.29, 1.82) is 0 Å². The minimum absolute atomic E-state index is 0.0853. The summed E-state index contributed by atoms with van der Waals surface area (Å²) in [6.07, 6.45) is 2.82. The van der Waals surface area contributed by atoms with Gasteiger partial charge in [0.1, 0.15) is 0 Å². The van der Waals surface area contributed by atoms with E-state index in [1.807, 2.05) is 37.3 Å². The Bertz CT molecular complexity index is 546. The third-order valence-electron chi connectivity index (χ3n) is 3.85. The van der Waals surface area contributed by atoms with Crippen molar-refractivity contribution in [3.8, 4) is 0 Å². The van der Waals surface area contributed by atoms with Crippen LogP contribution in [0.15, 0.2) is 36.4 Å². The highest BCUT2D eigenvalue weighted by Gasteiger charge is 2.23. The van der Waals surface area contributed by atoms with Gasteiger partial charge in [0, 0.05) is 25.2 Å². The van der Waals surface area contributed by atoms with Crippen LogP contribution in [-0.2, 0) is 9.53 Å². The molecule has 118 valence electrons. The molecule has 1 saturated heterocycles. The summed E-state index contributed by atoms with van der Waals surface area (Å²) in [5.74, 6) is -0.0853. The smallest absolute Gasteiger partial charge is 0.409 e. The molecule has 0 radical (unpaired) electrons. The van der Waals surface area contributed by atoms with Gasteiger partial charge in [0.15, 0.2) is 0 Å². The minimum atomic E-state index is -0.301. The van der Waals surface area contributed by atoms with E-state index in [9.17, 15) is 9.59 Å². The molecule has 1 N–H and O–H groups in total. The number of hydrogen-bond acceptors (Lipinski definition) is 3.